The number of anilines is 1. The van der Waals surface area contributed by atoms with Crippen molar-refractivity contribution < 1.29 is 23.5 Å². The quantitative estimate of drug-likeness (QED) is 0.713. The lowest BCUT2D eigenvalue weighted by Crippen LogP contribution is -2.33. The number of aromatic nitrogens is 2. The molecular formula is C17H15FN4O4S. The Kier molecular flexibility index (Phi) is 5.17. The third-order valence-corrected chi connectivity index (χ3v) is 4.23. The average molecular weight is 390 g/mol. The summed E-state index contributed by atoms with van der Waals surface area (Å²) in [6.07, 6.45) is 1.82. The number of hydrogen-bond donors (Lipinski definition) is 2. The van der Waals surface area contributed by atoms with Gasteiger partial charge in [0.2, 0.25) is 0 Å². The number of imide groups is 1. The van der Waals surface area contributed by atoms with Crippen LogP contribution in [0.5, 0.6) is 0 Å². The summed E-state index contributed by atoms with van der Waals surface area (Å²) < 4.78 is 20.1. The van der Waals surface area contributed by atoms with Crippen molar-refractivity contribution in [2.75, 3.05) is 5.32 Å². The number of carbonyl (C=O) groups is 3. The van der Waals surface area contributed by atoms with Crippen LogP contribution in [0.3, 0.4) is 0 Å². The molecule has 0 aliphatic heterocycles. The molecule has 0 aliphatic rings. The first-order valence-electron chi connectivity index (χ1n) is 7.89. The molecule has 3 amide bonds. The molecule has 3 rings (SSSR count). The van der Waals surface area contributed by atoms with Crippen LogP contribution >= 0.6 is 11.3 Å². The number of hydrogen-bond acceptors (Lipinski definition) is 6. The summed E-state index contributed by atoms with van der Waals surface area (Å²) in [7, 11) is 0. The predicted molar refractivity (Wildman–Crippen MR) is 96.5 cm³/mol. The molecule has 3 aromatic rings. The van der Waals surface area contributed by atoms with Crippen LogP contribution < -0.4 is 10.6 Å². The predicted octanol–water partition coefficient (Wildman–Crippen LogP) is 3.06. The molecule has 0 saturated carbocycles. The van der Waals surface area contributed by atoms with Gasteiger partial charge in [0.05, 0.1) is 17.2 Å². The Morgan fingerprint density at radius 1 is 1.22 bits per heavy atom. The van der Waals surface area contributed by atoms with E-state index >= 15 is 0 Å². The largest absolute Gasteiger partial charge is 0.447 e. The molecule has 3 aromatic heterocycles. The maximum Gasteiger partial charge on any atom is 0.414 e. The van der Waals surface area contributed by atoms with Gasteiger partial charge < -0.3 is 10.1 Å². The lowest BCUT2D eigenvalue weighted by atomic mass is 10.2. The van der Waals surface area contributed by atoms with Crippen LogP contribution in [-0.2, 0) is 4.74 Å². The highest BCUT2D eigenvalue weighted by atomic mass is 32.1. The van der Waals surface area contributed by atoms with E-state index in [4.69, 9.17) is 4.74 Å². The summed E-state index contributed by atoms with van der Waals surface area (Å²) in [5.41, 5.74) is 0.841. The van der Waals surface area contributed by atoms with E-state index in [2.05, 4.69) is 10.4 Å². The SMILES string of the molecule is CC(C)OC(=O)NC(=O)c1cc(F)sc1NC(=O)c1ccn2nccc2c1. The summed E-state index contributed by atoms with van der Waals surface area (Å²) in [5, 5.41) is 7.83. The average Bonchev–Trinajstić information content (AvgIpc) is 3.19. The molecular weight excluding hydrogens is 375 g/mol. The molecule has 2 N–H and O–H groups in total. The van der Waals surface area contributed by atoms with E-state index in [1.165, 1.54) is 0 Å². The van der Waals surface area contributed by atoms with Crippen LogP contribution in [0.1, 0.15) is 34.6 Å². The fourth-order valence-corrected chi connectivity index (χ4v) is 3.04. The van der Waals surface area contributed by atoms with Crippen molar-refractivity contribution in [3.63, 3.8) is 0 Å². The van der Waals surface area contributed by atoms with Crippen molar-refractivity contribution in [2.24, 2.45) is 0 Å². The Balaban J connectivity index is 1.77. The van der Waals surface area contributed by atoms with Gasteiger partial charge in [0, 0.05) is 24.0 Å². The molecule has 0 fully saturated rings. The number of thiophene rings is 1. The summed E-state index contributed by atoms with van der Waals surface area (Å²) in [5.74, 6) is -1.40. The van der Waals surface area contributed by atoms with E-state index in [1.54, 1.807) is 49.0 Å². The monoisotopic (exact) mass is 390 g/mol. The van der Waals surface area contributed by atoms with Crippen LogP contribution in [0.25, 0.3) is 5.52 Å². The zero-order valence-corrected chi connectivity index (χ0v) is 15.2. The first-order chi connectivity index (χ1) is 12.8. The molecule has 0 spiro atoms. The molecule has 10 heteroatoms. The fourth-order valence-electron chi connectivity index (χ4n) is 2.26. The Hall–Kier alpha value is -3.27. The van der Waals surface area contributed by atoms with Crippen LogP contribution in [0, 0.1) is 5.13 Å². The van der Waals surface area contributed by atoms with Gasteiger partial charge in [-0.25, -0.2) is 9.31 Å². The first kappa shape index (κ1) is 18.5. The number of rotatable bonds is 4. The molecule has 0 atom stereocenters. The second-order valence-corrected chi connectivity index (χ2v) is 6.77. The van der Waals surface area contributed by atoms with Gasteiger partial charge in [0.25, 0.3) is 11.8 Å². The van der Waals surface area contributed by atoms with E-state index in [0.717, 1.165) is 6.07 Å². The lowest BCUT2D eigenvalue weighted by Gasteiger charge is -2.09. The van der Waals surface area contributed by atoms with E-state index in [9.17, 15) is 18.8 Å². The molecule has 140 valence electrons. The highest BCUT2D eigenvalue weighted by molar-refractivity contribution is 7.15. The van der Waals surface area contributed by atoms with Gasteiger partial charge in [-0.3, -0.25) is 14.9 Å². The Bertz CT molecular complexity index is 1030. The second kappa shape index (κ2) is 7.54. The zero-order chi connectivity index (χ0) is 19.6. The fraction of sp³-hybridized carbons (Fsp3) is 0.176. The molecule has 0 bridgehead atoms. The number of ether oxygens (including phenoxy) is 1. The van der Waals surface area contributed by atoms with Gasteiger partial charge in [-0.1, -0.05) is 11.3 Å². The number of halogens is 1. The van der Waals surface area contributed by atoms with Gasteiger partial charge in [-0.15, -0.1) is 0 Å². The van der Waals surface area contributed by atoms with E-state index < -0.39 is 29.1 Å². The van der Waals surface area contributed by atoms with E-state index in [1.807, 2.05) is 5.32 Å². The minimum Gasteiger partial charge on any atom is -0.447 e. The number of fused-ring (bicyclic) bond motifs is 1. The zero-order valence-electron chi connectivity index (χ0n) is 14.4. The number of amides is 3. The topological polar surface area (TPSA) is 102 Å². The molecule has 27 heavy (non-hydrogen) atoms. The van der Waals surface area contributed by atoms with Crippen LogP contribution in [0.4, 0.5) is 14.2 Å². The molecule has 0 aliphatic carbocycles. The molecule has 0 aromatic carbocycles. The van der Waals surface area contributed by atoms with Crippen LogP contribution in [-0.4, -0.2) is 33.6 Å². The number of carbonyl (C=O) groups excluding carboxylic acids is 3. The van der Waals surface area contributed by atoms with Crippen molar-refractivity contribution >= 4 is 39.8 Å². The number of pyridine rings is 1. The minimum atomic E-state index is -0.954. The van der Waals surface area contributed by atoms with E-state index in [-0.39, 0.29) is 10.6 Å². The number of nitrogens with zero attached hydrogens (tertiary/aromatic N) is 2. The van der Waals surface area contributed by atoms with Gasteiger partial charge in [-0.2, -0.15) is 9.49 Å². The molecule has 8 nitrogen and oxygen atoms in total. The molecule has 0 unspecified atom stereocenters. The normalized spacial score (nSPS) is 10.8. The van der Waals surface area contributed by atoms with Gasteiger partial charge in [0.15, 0.2) is 5.13 Å². The van der Waals surface area contributed by atoms with Crippen molar-refractivity contribution in [1.29, 1.82) is 0 Å². The summed E-state index contributed by atoms with van der Waals surface area (Å²) in [6, 6.07) is 5.81. The maximum absolute atomic E-state index is 13.7. The highest BCUT2D eigenvalue weighted by Crippen LogP contribution is 2.27. The summed E-state index contributed by atoms with van der Waals surface area (Å²) in [6.45, 7) is 3.24. The van der Waals surface area contributed by atoms with E-state index in [0.29, 0.717) is 22.4 Å². The maximum atomic E-state index is 13.7. The second-order valence-electron chi connectivity index (χ2n) is 5.77. The highest BCUT2D eigenvalue weighted by Gasteiger charge is 2.21. The lowest BCUT2D eigenvalue weighted by molar-refractivity contribution is 0.0877. The first-order valence-corrected chi connectivity index (χ1v) is 8.71. The van der Waals surface area contributed by atoms with Crippen molar-refractivity contribution in [1.82, 2.24) is 14.9 Å². The summed E-state index contributed by atoms with van der Waals surface area (Å²) in [4.78, 5) is 36.2. The summed E-state index contributed by atoms with van der Waals surface area (Å²) >= 11 is 0.583. The van der Waals surface area contributed by atoms with Crippen molar-refractivity contribution in [2.45, 2.75) is 20.0 Å². The third-order valence-electron chi connectivity index (χ3n) is 3.39. The molecule has 3 heterocycles. The van der Waals surface area contributed by atoms with Gasteiger partial charge in [-0.05, 0) is 32.0 Å². The van der Waals surface area contributed by atoms with Gasteiger partial charge in [0.1, 0.15) is 5.00 Å². The number of nitrogens with one attached hydrogen (secondary N) is 2. The van der Waals surface area contributed by atoms with Crippen LogP contribution in [0.2, 0.25) is 0 Å². The molecule has 0 saturated heterocycles. The molecule has 0 radical (unpaired) electrons. The smallest absolute Gasteiger partial charge is 0.414 e. The Labute approximate surface area is 156 Å². The Morgan fingerprint density at radius 2 is 2.00 bits per heavy atom. The number of alkyl carbamates (subject to hydrolysis) is 1. The minimum absolute atomic E-state index is 0.0132. The van der Waals surface area contributed by atoms with Crippen molar-refractivity contribution in [3.8, 4) is 0 Å². The third kappa shape index (κ3) is 4.29. The van der Waals surface area contributed by atoms with Crippen LogP contribution in [0.15, 0.2) is 36.7 Å². The van der Waals surface area contributed by atoms with Crippen molar-refractivity contribution in [3.05, 3.63) is 52.9 Å². The Morgan fingerprint density at radius 3 is 2.74 bits per heavy atom. The standard InChI is InChI=1S/C17H15FN4O4S/c1-9(2)26-17(25)21-15(24)12-8-13(18)27-16(12)20-14(23)10-4-6-22-11(7-10)3-5-19-22/h3-9H,1-2H3,(H,20,23)(H,21,24,25). The van der Waals surface area contributed by atoms with Gasteiger partial charge >= 0.3 is 6.09 Å².